The molecule has 0 aliphatic rings. The Morgan fingerprint density at radius 1 is 1.05 bits per heavy atom. The standard InChI is InChI=1S/C16H12ClIN2/c17-14-7-5-12(6-8-14)10-20-11-13(9-19-20)15-3-1-2-4-16(15)18/h1-9,11H,10H2. The highest BCUT2D eigenvalue weighted by atomic mass is 127. The van der Waals surface area contributed by atoms with Gasteiger partial charge in [-0.05, 0) is 51.9 Å². The van der Waals surface area contributed by atoms with Crippen molar-refractivity contribution in [1.29, 1.82) is 0 Å². The second kappa shape index (κ2) is 5.97. The second-order valence-electron chi connectivity index (χ2n) is 4.53. The number of hydrogen-bond acceptors (Lipinski definition) is 1. The van der Waals surface area contributed by atoms with Gasteiger partial charge in [-0.25, -0.2) is 0 Å². The molecule has 0 unspecified atom stereocenters. The molecule has 0 saturated carbocycles. The molecular weight excluding hydrogens is 383 g/mol. The molecule has 0 atom stereocenters. The molecule has 20 heavy (non-hydrogen) atoms. The summed E-state index contributed by atoms with van der Waals surface area (Å²) in [6.07, 6.45) is 3.99. The van der Waals surface area contributed by atoms with Crippen LogP contribution in [-0.2, 0) is 6.54 Å². The van der Waals surface area contributed by atoms with E-state index in [-0.39, 0.29) is 0 Å². The number of aromatic nitrogens is 2. The molecule has 0 N–H and O–H groups in total. The van der Waals surface area contributed by atoms with Crippen LogP contribution >= 0.6 is 34.2 Å². The van der Waals surface area contributed by atoms with Crippen LogP contribution < -0.4 is 0 Å². The van der Waals surface area contributed by atoms with Gasteiger partial charge in [-0.1, -0.05) is 41.9 Å². The van der Waals surface area contributed by atoms with Crippen LogP contribution in [0.4, 0.5) is 0 Å². The summed E-state index contributed by atoms with van der Waals surface area (Å²) in [6, 6.07) is 16.2. The number of rotatable bonds is 3. The van der Waals surface area contributed by atoms with Gasteiger partial charge in [0, 0.05) is 20.4 Å². The SMILES string of the molecule is Clc1ccc(Cn2cc(-c3ccccc3I)cn2)cc1. The summed E-state index contributed by atoms with van der Waals surface area (Å²) in [5.74, 6) is 0. The Morgan fingerprint density at radius 3 is 2.55 bits per heavy atom. The third kappa shape index (κ3) is 3.04. The number of nitrogens with zero attached hydrogens (tertiary/aromatic N) is 2. The summed E-state index contributed by atoms with van der Waals surface area (Å²) in [6.45, 7) is 0.751. The van der Waals surface area contributed by atoms with E-state index in [1.165, 1.54) is 14.7 Å². The highest BCUT2D eigenvalue weighted by Gasteiger charge is 2.05. The van der Waals surface area contributed by atoms with Crippen molar-refractivity contribution in [3.63, 3.8) is 0 Å². The summed E-state index contributed by atoms with van der Waals surface area (Å²) < 4.78 is 3.18. The molecule has 4 heteroatoms. The Hall–Kier alpha value is -1.33. The van der Waals surface area contributed by atoms with E-state index in [9.17, 15) is 0 Å². The van der Waals surface area contributed by atoms with E-state index >= 15 is 0 Å². The minimum Gasteiger partial charge on any atom is -0.268 e. The number of hydrogen-bond donors (Lipinski definition) is 0. The quantitative estimate of drug-likeness (QED) is 0.580. The van der Waals surface area contributed by atoms with Gasteiger partial charge in [0.15, 0.2) is 0 Å². The largest absolute Gasteiger partial charge is 0.268 e. The zero-order valence-corrected chi connectivity index (χ0v) is 13.5. The molecule has 3 rings (SSSR count). The van der Waals surface area contributed by atoms with E-state index in [0.29, 0.717) is 0 Å². The zero-order chi connectivity index (χ0) is 13.9. The Balaban J connectivity index is 1.84. The van der Waals surface area contributed by atoms with E-state index in [1.54, 1.807) is 0 Å². The molecule has 0 aliphatic heterocycles. The Morgan fingerprint density at radius 2 is 1.80 bits per heavy atom. The van der Waals surface area contributed by atoms with E-state index in [0.717, 1.165) is 17.1 Å². The lowest BCUT2D eigenvalue weighted by Gasteiger charge is -2.02. The second-order valence-corrected chi connectivity index (χ2v) is 6.13. The first kappa shape index (κ1) is 13.6. The van der Waals surface area contributed by atoms with Crippen molar-refractivity contribution in [1.82, 2.24) is 9.78 Å². The molecule has 0 radical (unpaired) electrons. The first-order chi connectivity index (χ1) is 9.72. The highest BCUT2D eigenvalue weighted by Crippen LogP contribution is 2.24. The molecule has 1 heterocycles. The van der Waals surface area contributed by atoms with Crippen LogP contribution in [0.3, 0.4) is 0 Å². The third-order valence-corrected chi connectivity index (χ3v) is 4.27. The van der Waals surface area contributed by atoms with E-state index in [4.69, 9.17) is 11.6 Å². The van der Waals surface area contributed by atoms with Gasteiger partial charge < -0.3 is 0 Å². The van der Waals surface area contributed by atoms with Crippen LogP contribution in [-0.4, -0.2) is 9.78 Å². The van der Waals surface area contributed by atoms with Gasteiger partial charge in [0.1, 0.15) is 0 Å². The predicted molar refractivity (Wildman–Crippen MR) is 90.9 cm³/mol. The van der Waals surface area contributed by atoms with E-state index in [2.05, 4.69) is 46.0 Å². The molecule has 100 valence electrons. The smallest absolute Gasteiger partial charge is 0.0659 e. The third-order valence-electron chi connectivity index (χ3n) is 3.08. The fourth-order valence-electron chi connectivity index (χ4n) is 2.06. The minimum atomic E-state index is 0.751. The van der Waals surface area contributed by atoms with Crippen molar-refractivity contribution in [2.45, 2.75) is 6.54 Å². The van der Waals surface area contributed by atoms with E-state index in [1.807, 2.05) is 47.3 Å². The van der Waals surface area contributed by atoms with Crippen molar-refractivity contribution < 1.29 is 0 Å². The van der Waals surface area contributed by atoms with Crippen molar-refractivity contribution >= 4 is 34.2 Å². The van der Waals surface area contributed by atoms with Crippen LogP contribution in [0.2, 0.25) is 5.02 Å². The van der Waals surface area contributed by atoms with E-state index < -0.39 is 0 Å². The fraction of sp³-hybridized carbons (Fsp3) is 0.0625. The lowest BCUT2D eigenvalue weighted by Crippen LogP contribution is -1.99. The Kier molecular flexibility index (Phi) is 4.08. The minimum absolute atomic E-state index is 0.751. The van der Waals surface area contributed by atoms with Crippen molar-refractivity contribution in [2.75, 3.05) is 0 Å². The molecule has 3 aromatic rings. The molecule has 0 amide bonds. The highest BCUT2D eigenvalue weighted by molar-refractivity contribution is 14.1. The number of benzene rings is 2. The molecular formula is C16H12ClIN2. The monoisotopic (exact) mass is 394 g/mol. The summed E-state index contributed by atoms with van der Waals surface area (Å²) in [7, 11) is 0. The lowest BCUT2D eigenvalue weighted by molar-refractivity contribution is 0.687. The van der Waals surface area contributed by atoms with Gasteiger partial charge >= 0.3 is 0 Å². The van der Waals surface area contributed by atoms with Crippen LogP contribution in [0.5, 0.6) is 0 Å². The average molecular weight is 395 g/mol. The van der Waals surface area contributed by atoms with Gasteiger partial charge in [0.2, 0.25) is 0 Å². The van der Waals surface area contributed by atoms with Crippen LogP contribution in [0.15, 0.2) is 60.9 Å². The first-order valence-corrected chi connectivity index (χ1v) is 7.70. The molecule has 0 spiro atoms. The zero-order valence-electron chi connectivity index (χ0n) is 10.6. The maximum Gasteiger partial charge on any atom is 0.0659 e. The van der Waals surface area contributed by atoms with Crippen molar-refractivity contribution in [3.05, 3.63) is 75.1 Å². The molecule has 2 nitrogen and oxygen atoms in total. The molecule has 0 fully saturated rings. The summed E-state index contributed by atoms with van der Waals surface area (Å²) in [5.41, 5.74) is 3.55. The Labute approximate surface area is 136 Å². The summed E-state index contributed by atoms with van der Waals surface area (Å²) in [4.78, 5) is 0. The topological polar surface area (TPSA) is 17.8 Å². The van der Waals surface area contributed by atoms with Crippen molar-refractivity contribution in [3.8, 4) is 11.1 Å². The number of halogens is 2. The molecule has 0 aliphatic carbocycles. The Bertz CT molecular complexity index is 719. The summed E-state index contributed by atoms with van der Waals surface area (Å²) >= 11 is 8.24. The van der Waals surface area contributed by atoms with Gasteiger partial charge in [0.05, 0.1) is 12.7 Å². The molecule has 0 bridgehead atoms. The molecule has 0 saturated heterocycles. The van der Waals surface area contributed by atoms with Gasteiger partial charge in [-0.2, -0.15) is 5.10 Å². The molecule has 1 aromatic heterocycles. The van der Waals surface area contributed by atoms with Gasteiger partial charge in [-0.15, -0.1) is 0 Å². The maximum absolute atomic E-state index is 5.89. The fourth-order valence-corrected chi connectivity index (χ4v) is 2.89. The molecule has 2 aromatic carbocycles. The van der Waals surface area contributed by atoms with Crippen LogP contribution in [0.25, 0.3) is 11.1 Å². The van der Waals surface area contributed by atoms with Gasteiger partial charge in [-0.3, -0.25) is 4.68 Å². The van der Waals surface area contributed by atoms with Gasteiger partial charge in [0.25, 0.3) is 0 Å². The normalized spacial score (nSPS) is 10.7. The first-order valence-electron chi connectivity index (χ1n) is 6.24. The van der Waals surface area contributed by atoms with Crippen LogP contribution in [0.1, 0.15) is 5.56 Å². The van der Waals surface area contributed by atoms with Crippen molar-refractivity contribution in [2.24, 2.45) is 0 Å². The average Bonchev–Trinajstić information content (AvgIpc) is 2.90. The maximum atomic E-state index is 5.89. The summed E-state index contributed by atoms with van der Waals surface area (Å²) in [5, 5.41) is 5.19. The van der Waals surface area contributed by atoms with Crippen LogP contribution in [0, 0.1) is 3.57 Å². The predicted octanol–water partition coefficient (Wildman–Crippen LogP) is 4.86. The lowest BCUT2D eigenvalue weighted by atomic mass is 10.1.